The van der Waals surface area contributed by atoms with Gasteiger partial charge in [0.15, 0.2) is 0 Å². The van der Waals surface area contributed by atoms with Crippen LogP contribution in [0.3, 0.4) is 0 Å². The summed E-state index contributed by atoms with van der Waals surface area (Å²) in [6.07, 6.45) is 5.36. The number of nitrogens with zero attached hydrogens (tertiary/aromatic N) is 1. The molecule has 0 saturated carbocycles. The van der Waals surface area contributed by atoms with Gasteiger partial charge in [0.2, 0.25) is 0 Å². The predicted octanol–water partition coefficient (Wildman–Crippen LogP) is 1.58. The van der Waals surface area contributed by atoms with E-state index in [1.807, 2.05) is 0 Å². The lowest BCUT2D eigenvalue weighted by atomic mass is 10.0. The first-order valence-electron chi connectivity index (χ1n) is 5.55. The van der Waals surface area contributed by atoms with E-state index in [4.69, 9.17) is 6.42 Å². The first-order chi connectivity index (χ1) is 6.67. The highest BCUT2D eigenvalue weighted by Gasteiger charge is 2.18. The molecule has 0 aliphatic rings. The fraction of sp³-hybridized carbons (Fsp3) is 0.833. The van der Waals surface area contributed by atoms with E-state index in [2.05, 4.69) is 43.8 Å². The molecule has 0 bridgehead atoms. The Morgan fingerprint density at radius 3 is 2.36 bits per heavy atom. The monoisotopic (exact) mass is 196 g/mol. The summed E-state index contributed by atoms with van der Waals surface area (Å²) in [6, 6.07) is 0.552. The second-order valence-corrected chi connectivity index (χ2v) is 3.89. The molecular weight excluding hydrogens is 172 g/mol. The minimum absolute atomic E-state index is 0.552. The molecule has 0 rings (SSSR count). The van der Waals surface area contributed by atoms with E-state index < -0.39 is 0 Å². The summed E-state index contributed by atoms with van der Waals surface area (Å²) in [5.74, 6) is 3.37. The van der Waals surface area contributed by atoms with E-state index in [-0.39, 0.29) is 0 Å². The molecule has 0 amide bonds. The minimum atomic E-state index is 0.552. The van der Waals surface area contributed by atoms with E-state index in [0.29, 0.717) is 12.0 Å². The molecule has 0 aromatic heterocycles. The zero-order valence-corrected chi connectivity index (χ0v) is 10.0. The first-order valence-corrected chi connectivity index (χ1v) is 5.55. The summed E-state index contributed by atoms with van der Waals surface area (Å²) in [6.45, 7) is 12.6. The lowest BCUT2D eigenvalue weighted by Gasteiger charge is -2.32. The topological polar surface area (TPSA) is 15.3 Å². The lowest BCUT2D eigenvalue weighted by Crippen LogP contribution is -2.45. The van der Waals surface area contributed by atoms with Crippen LogP contribution in [0.5, 0.6) is 0 Å². The van der Waals surface area contributed by atoms with Crippen LogP contribution in [0.4, 0.5) is 0 Å². The Hall–Kier alpha value is -0.520. The summed E-state index contributed by atoms with van der Waals surface area (Å²) in [7, 11) is 0. The first kappa shape index (κ1) is 13.5. The van der Waals surface area contributed by atoms with Crippen molar-refractivity contribution in [1.82, 2.24) is 10.2 Å². The third-order valence-corrected chi connectivity index (χ3v) is 2.54. The highest BCUT2D eigenvalue weighted by Crippen LogP contribution is 2.09. The van der Waals surface area contributed by atoms with Crippen molar-refractivity contribution in [2.75, 3.05) is 26.2 Å². The maximum atomic E-state index is 5.36. The molecule has 82 valence electrons. The molecule has 1 unspecified atom stereocenters. The standard InChI is InChI=1S/C12H24N2/c1-6-9-14(8-3)12(11(4)5)10-13-7-2/h1,11-13H,7-10H2,2-5H3. The fourth-order valence-corrected chi connectivity index (χ4v) is 1.66. The highest BCUT2D eigenvalue weighted by atomic mass is 15.2. The molecule has 1 N–H and O–H groups in total. The Morgan fingerprint density at radius 2 is 2.00 bits per heavy atom. The molecule has 0 aromatic carbocycles. The molecule has 0 aliphatic heterocycles. The van der Waals surface area contributed by atoms with Crippen LogP contribution in [-0.4, -0.2) is 37.1 Å². The number of hydrogen-bond acceptors (Lipinski definition) is 2. The van der Waals surface area contributed by atoms with Gasteiger partial charge in [-0.05, 0) is 19.0 Å². The molecule has 2 nitrogen and oxygen atoms in total. The quantitative estimate of drug-likeness (QED) is 0.622. The van der Waals surface area contributed by atoms with Crippen molar-refractivity contribution in [3.8, 4) is 12.3 Å². The number of rotatable bonds is 7. The van der Waals surface area contributed by atoms with Gasteiger partial charge in [-0.25, -0.2) is 0 Å². The van der Waals surface area contributed by atoms with Crippen LogP contribution in [0.2, 0.25) is 0 Å². The Kier molecular flexibility index (Phi) is 7.55. The predicted molar refractivity (Wildman–Crippen MR) is 63.2 cm³/mol. The van der Waals surface area contributed by atoms with Crippen molar-refractivity contribution < 1.29 is 0 Å². The third kappa shape index (κ3) is 4.64. The van der Waals surface area contributed by atoms with E-state index in [0.717, 1.165) is 26.2 Å². The van der Waals surface area contributed by atoms with Crippen molar-refractivity contribution in [3.05, 3.63) is 0 Å². The van der Waals surface area contributed by atoms with Crippen LogP contribution < -0.4 is 5.32 Å². The summed E-state index contributed by atoms with van der Waals surface area (Å²) in [5, 5.41) is 3.39. The van der Waals surface area contributed by atoms with Gasteiger partial charge in [0.25, 0.3) is 0 Å². The summed E-state index contributed by atoms with van der Waals surface area (Å²) < 4.78 is 0. The average Bonchev–Trinajstić information content (AvgIpc) is 2.16. The normalized spacial score (nSPS) is 13.2. The number of likely N-dealkylation sites (N-methyl/N-ethyl adjacent to an activating group) is 2. The van der Waals surface area contributed by atoms with Crippen LogP contribution in [0.1, 0.15) is 27.7 Å². The second-order valence-electron chi connectivity index (χ2n) is 3.89. The summed E-state index contributed by atoms with van der Waals surface area (Å²) in [4.78, 5) is 2.35. The Labute approximate surface area is 89.1 Å². The van der Waals surface area contributed by atoms with E-state index in [9.17, 15) is 0 Å². The van der Waals surface area contributed by atoms with Crippen LogP contribution in [-0.2, 0) is 0 Å². The molecule has 0 aromatic rings. The van der Waals surface area contributed by atoms with E-state index >= 15 is 0 Å². The molecule has 1 atom stereocenters. The molecule has 2 heteroatoms. The van der Waals surface area contributed by atoms with Gasteiger partial charge < -0.3 is 5.32 Å². The minimum Gasteiger partial charge on any atom is -0.315 e. The molecule has 0 aliphatic carbocycles. The van der Waals surface area contributed by atoms with Crippen LogP contribution in [0.25, 0.3) is 0 Å². The van der Waals surface area contributed by atoms with E-state index in [1.165, 1.54) is 0 Å². The molecule has 0 radical (unpaired) electrons. The van der Waals surface area contributed by atoms with Crippen molar-refractivity contribution in [2.45, 2.75) is 33.7 Å². The Balaban J connectivity index is 4.21. The number of hydrogen-bond donors (Lipinski definition) is 1. The SMILES string of the molecule is C#CCN(CC)C(CNCC)C(C)C. The van der Waals surface area contributed by atoms with Crippen LogP contribution >= 0.6 is 0 Å². The van der Waals surface area contributed by atoms with Crippen LogP contribution in [0, 0.1) is 18.3 Å². The lowest BCUT2D eigenvalue weighted by molar-refractivity contribution is 0.179. The molecular formula is C12H24N2. The second kappa shape index (κ2) is 7.84. The molecule has 0 fully saturated rings. The van der Waals surface area contributed by atoms with Crippen LogP contribution in [0.15, 0.2) is 0 Å². The zero-order valence-electron chi connectivity index (χ0n) is 10.0. The van der Waals surface area contributed by atoms with Gasteiger partial charge in [-0.3, -0.25) is 4.90 Å². The summed E-state index contributed by atoms with van der Waals surface area (Å²) in [5.41, 5.74) is 0. The molecule has 0 saturated heterocycles. The zero-order chi connectivity index (χ0) is 11.0. The largest absolute Gasteiger partial charge is 0.315 e. The Morgan fingerprint density at radius 1 is 1.36 bits per heavy atom. The summed E-state index contributed by atoms with van der Waals surface area (Å²) >= 11 is 0. The van der Waals surface area contributed by atoms with Gasteiger partial charge in [-0.15, -0.1) is 6.42 Å². The number of terminal acetylenes is 1. The fourth-order valence-electron chi connectivity index (χ4n) is 1.66. The molecule has 0 spiro atoms. The third-order valence-electron chi connectivity index (χ3n) is 2.54. The smallest absolute Gasteiger partial charge is 0.0601 e. The maximum Gasteiger partial charge on any atom is 0.0601 e. The average molecular weight is 196 g/mol. The van der Waals surface area contributed by atoms with Crippen molar-refractivity contribution >= 4 is 0 Å². The molecule has 0 heterocycles. The van der Waals surface area contributed by atoms with Gasteiger partial charge in [0.05, 0.1) is 6.54 Å². The molecule has 14 heavy (non-hydrogen) atoms. The van der Waals surface area contributed by atoms with E-state index in [1.54, 1.807) is 0 Å². The maximum absolute atomic E-state index is 5.36. The van der Waals surface area contributed by atoms with Gasteiger partial charge in [0, 0.05) is 12.6 Å². The van der Waals surface area contributed by atoms with Gasteiger partial charge in [0.1, 0.15) is 0 Å². The van der Waals surface area contributed by atoms with Gasteiger partial charge in [-0.2, -0.15) is 0 Å². The van der Waals surface area contributed by atoms with Crippen molar-refractivity contribution in [1.29, 1.82) is 0 Å². The Bertz CT molecular complexity index is 170. The number of nitrogens with one attached hydrogen (secondary N) is 1. The highest BCUT2D eigenvalue weighted by molar-refractivity contribution is 4.91. The van der Waals surface area contributed by atoms with Gasteiger partial charge >= 0.3 is 0 Å². The van der Waals surface area contributed by atoms with Crippen molar-refractivity contribution in [3.63, 3.8) is 0 Å². The van der Waals surface area contributed by atoms with Gasteiger partial charge in [-0.1, -0.05) is 33.6 Å². The van der Waals surface area contributed by atoms with Crippen molar-refractivity contribution in [2.24, 2.45) is 5.92 Å².